The summed E-state index contributed by atoms with van der Waals surface area (Å²) < 4.78 is 2.37. The summed E-state index contributed by atoms with van der Waals surface area (Å²) >= 11 is 0. The number of fused-ring (bicyclic) bond motifs is 4. The van der Waals surface area contributed by atoms with E-state index in [0.29, 0.717) is 5.92 Å². The molecule has 0 saturated heterocycles. The maximum atomic E-state index is 2.39. The Bertz CT molecular complexity index is 1090. The minimum atomic E-state index is 0.325. The molecule has 3 aromatic carbocycles. The second kappa shape index (κ2) is 5.10. The van der Waals surface area contributed by atoms with E-state index in [1.54, 1.807) is 0 Å². The average Bonchev–Trinajstić information content (AvgIpc) is 2.95. The number of aromatic nitrogens is 1. The van der Waals surface area contributed by atoms with Gasteiger partial charge in [-0.1, -0.05) is 72.8 Å². The normalized spacial score (nSPS) is 16.6. The van der Waals surface area contributed by atoms with E-state index in [-0.39, 0.29) is 0 Å². The van der Waals surface area contributed by atoms with Crippen molar-refractivity contribution in [2.45, 2.75) is 12.3 Å². The molecule has 1 unspecified atom stereocenters. The number of hydrogen-bond donors (Lipinski definition) is 0. The Labute approximate surface area is 141 Å². The maximum absolute atomic E-state index is 2.39. The van der Waals surface area contributed by atoms with E-state index in [9.17, 15) is 0 Å². The molecule has 0 bridgehead atoms. The van der Waals surface area contributed by atoms with Gasteiger partial charge in [-0.25, -0.2) is 0 Å². The van der Waals surface area contributed by atoms with Crippen LogP contribution in [-0.4, -0.2) is 4.57 Å². The molecule has 1 aliphatic rings. The van der Waals surface area contributed by atoms with E-state index >= 15 is 0 Å². The summed E-state index contributed by atoms with van der Waals surface area (Å²) in [7, 11) is 2.19. The fourth-order valence-corrected chi connectivity index (χ4v) is 4.26. The van der Waals surface area contributed by atoms with Crippen LogP contribution in [-0.2, 0) is 13.5 Å². The first-order chi connectivity index (χ1) is 11.8. The minimum absolute atomic E-state index is 0.325. The van der Waals surface area contributed by atoms with Crippen molar-refractivity contribution in [3.8, 4) is 0 Å². The molecule has 4 aromatic rings. The summed E-state index contributed by atoms with van der Waals surface area (Å²) in [6.45, 7) is 0. The number of benzene rings is 3. The standard InChI is InChI=1S/C23H19N/c1-24-21-14-5-4-11-20(21)23-19(13-7-15-22(23)24)18-12-6-9-16-8-2-3-10-17(16)18/h2-14,19H,15H2,1H3. The van der Waals surface area contributed by atoms with E-state index in [1.807, 2.05) is 0 Å². The molecular weight excluding hydrogens is 290 g/mol. The van der Waals surface area contributed by atoms with Gasteiger partial charge in [-0.15, -0.1) is 0 Å². The molecule has 0 spiro atoms. The van der Waals surface area contributed by atoms with E-state index in [0.717, 1.165) is 6.42 Å². The zero-order valence-electron chi connectivity index (χ0n) is 13.7. The highest BCUT2D eigenvalue weighted by Crippen LogP contribution is 2.41. The molecule has 1 nitrogen and oxygen atoms in total. The largest absolute Gasteiger partial charge is 0.347 e. The van der Waals surface area contributed by atoms with Gasteiger partial charge >= 0.3 is 0 Å². The van der Waals surface area contributed by atoms with Crippen molar-refractivity contribution < 1.29 is 0 Å². The lowest BCUT2D eigenvalue weighted by atomic mass is 9.83. The van der Waals surface area contributed by atoms with Crippen LogP contribution in [0.15, 0.2) is 78.9 Å². The molecule has 1 heteroatoms. The van der Waals surface area contributed by atoms with Crippen molar-refractivity contribution in [2.75, 3.05) is 0 Å². The fourth-order valence-electron chi connectivity index (χ4n) is 4.26. The van der Waals surface area contributed by atoms with Crippen molar-refractivity contribution in [1.82, 2.24) is 4.57 Å². The third kappa shape index (κ3) is 1.81. The quantitative estimate of drug-likeness (QED) is 0.405. The van der Waals surface area contributed by atoms with Crippen LogP contribution in [0.3, 0.4) is 0 Å². The molecule has 1 heterocycles. The van der Waals surface area contributed by atoms with Crippen LogP contribution in [0.5, 0.6) is 0 Å². The third-order valence-electron chi connectivity index (χ3n) is 5.38. The van der Waals surface area contributed by atoms with Crippen molar-refractivity contribution >= 4 is 21.7 Å². The summed E-state index contributed by atoms with van der Waals surface area (Å²) in [5.74, 6) is 0.325. The molecule has 1 atom stereocenters. The Morgan fingerprint density at radius 3 is 2.50 bits per heavy atom. The first-order valence-electron chi connectivity index (χ1n) is 8.55. The molecular formula is C23H19N. The highest BCUT2D eigenvalue weighted by atomic mass is 15.0. The van der Waals surface area contributed by atoms with E-state index in [4.69, 9.17) is 0 Å². The lowest BCUT2D eigenvalue weighted by Gasteiger charge is -2.21. The summed E-state index contributed by atoms with van der Waals surface area (Å²) in [6.07, 6.45) is 5.73. The Hall–Kier alpha value is -2.80. The molecule has 0 saturated carbocycles. The van der Waals surface area contributed by atoms with E-state index < -0.39 is 0 Å². The highest BCUT2D eigenvalue weighted by Gasteiger charge is 2.25. The molecule has 0 radical (unpaired) electrons. The van der Waals surface area contributed by atoms with Gasteiger partial charge < -0.3 is 4.57 Å². The monoisotopic (exact) mass is 309 g/mol. The van der Waals surface area contributed by atoms with Crippen LogP contribution in [0.1, 0.15) is 22.7 Å². The number of allylic oxidation sites excluding steroid dienone is 2. The smallest absolute Gasteiger partial charge is 0.0483 e. The van der Waals surface area contributed by atoms with Crippen molar-refractivity contribution in [1.29, 1.82) is 0 Å². The summed E-state index contributed by atoms with van der Waals surface area (Å²) in [5.41, 5.74) is 5.65. The zero-order chi connectivity index (χ0) is 16.1. The Morgan fingerprint density at radius 2 is 1.58 bits per heavy atom. The molecule has 0 amide bonds. The molecule has 0 aliphatic heterocycles. The molecule has 0 N–H and O–H groups in total. The van der Waals surface area contributed by atoms with Gasteiger partial charge in [0.15, 0.2) is 0 Å². The molecule has 5 rings (SSSR count). The van der Waals surface area contributed by atoms with E-state index in [1.165, 1.54) is 38.5 Å². The minimum Gasteiger partial charge on any atom is -0.347 e. The predicted octanol–water partition coefficient (Wildman–Crippen LogP) is 5.58. The van der Waals surface area contributed by atoms with Gasteiger partial charge in [0.2, 0.25) is 0 Å². The average molecular weight is 309 g/mol. The fraction of sp³-hybridized carbons (Fsp3) is 0.130. The zero-order valence-corrected chi connectivity index (χ0v) is 13.7. The first kappa shape index (κ1) is 13.6. The van der Waals surface area contributed by atoms with Crippen LogP contribution < -0.4 is 0 Å². The second-order valence-electron chi connectivity index (χ2n) is 6.61. The van der Waals surface area contributed by atoms with Crippen LogP contribution in [0.4, 0.5) is 0 Å². The van der Waals surface area contributed by atoms with Gasteiger partial charge in [0.1, 0.15) is 0 Å². The predicted molar refractivity (Wildman–Crippen MR) is 102 cm³/mol. The number of nitrogens with zero attached hydrogens (tertiary/aromatic N) is 1. The van der Waals surface area contributed by atoms with Gasteiger partial charge in [0.05, 0.1) is 0 Å². The molecule has 1 aliphatic carbocycles. The van der Waals surface area contributed by atoms with Crippen LogP contribution in [0.2, 0.25) is 0 Å². The maximum Gasteiger partial charge on any atom is 0.0483 e. The van der Waals surface area contributed by atoms with Gasteiger partial charge in [-0.2, -0.15) is 0 Å². The van der Waals surface area contributed by atoms with Gasteiger partial charge in [-0.3, -0.25) is 0 Å². The van der Waals surface area contributed by atoms with Crippen molar-refractivity contribution in [3.05, 3.63) is 95.7 Å². The topological polar surface area (TPSA) is 4.93 Å². The number of rotatable bonds is 1. The first-order valence-corrected chi connectivity index (χ1v) is 8.55. The lowest BCUT2D eigenvalue weighted by molar-refractivity contribution is 0.842. The van der Waals surface area contributed by atoms with Crippen LogP contribution in [0, 0.1) is 0 Å². The lowest BCUT2D eigenvalue weighted by Crippen LogP contribution is -2.08. The molecule has 1 aromatic heterocycles. The highest BCUT2D eigenvalue weighted by molar-refractivity contribution is 5.91. The van der Waals surface area contributed by atoms with Crippen molar-refractivity contribution in [2.24, 2.45) is 7.05 Å². The number of para-hydroxylation sites is 1. The van der Waals surface area contributed by atoms with Crippen LogP contribution >= 0.6 is 0 Å². The Balaban J connectivity index is 1.84. The molecule has 0 fully saturated rings. The summed E-state index contributed by atoms with van der Waals surface area (Å²) in [6, 6.07) is 24.2. The summed E-state index contributed by atoms with van der Waals surface area (Å²) in [4.78, 5) is 0. The third-order valence-corrected chi connectivity index (χ3v) is 5.38. The van der Waals surface area contributed by atoms with Gasteiger partial charge in [0, 0.05) is 36.0 Å². The number of hydrogen-bond acceptors (Lipinski definition) is 0. The summed E-state index contributed by atoms with van der Waals surface area (Å²) in [5, 5.41) is 4.06. The van der Waals surface area contributed by atoms with E-state index in [2.05, 4.69) is 90.5 Å². The van der Waals surface area contributed by atoms with Gasteiger partial charge in [0.25, 0.3) is 0 Å². The molecule has 116 valence electrons. The Kier molecular flexibility index (Phi) is 2.90. The molecule has 24 heavy (non-hydrogen) atoms. The van der Waals surface area contributed by atoms with Crippen LogP contribution in [0.25, 0.3) is 21.7 Å². The SMILES string of the molecule is Cn1c2c(c3ccccc31)C(c1cccc3ccccc13)C=CC2. The van der Waals surface area contributed by atoms with Gasteiger partial charge in [-0.05, 0) is 28.0 Å². The van der Waals surface area contributed by atoms with Crippen molar-refractivity contribution in [3.63, 3.8) is 0 Å². The second-order valence-corrected chi connectivity index (χ2v) is 6.61. The number of aryl methyl sites for hydroxylation is 1. The Morgan fingerprint density at radius 1 is 0.833 bits per heavy atom.